The summed E-state index contributed by atoms with van der Waals surface area (Å²) in [5, 5.41) is 1.84. The maximum absolute atomic E-state index is 5.83. The number of hydrogen-bond acceptors (Lipinski definition) is 2. The van der Waals surface area contributed by atoms with Crippen molar-refractivity contribution in [3.63, 3.8) is 0 Å². The van der Waals surface area contributed by atoms with Gasteiger partial charge in [0.25, 0.3) is 0 Å². The van der Waals surface area contributed by atoms with Crippen LogP contribution in [0.5, 0.6) is 5.75 Å². The first kappa shape index (κ1) is 12.0. The molecule has 0 aliphatic rings. The third kappa shape index (κ3) is 2.85. The summed E-state index contributed by atoms with van der Waals surface area (Å²) in [6.45, 7) is 0.451. The van der Waals surface area contributed by atoms with Gasteiger partial charge in [0.1, 0.15) is 12.4 Å². The number of aromatic nitrogens is 1. The first-order chi connectivity index (χ1) is 9.31. The first-order valence-corrected chi connectivity index (χ1v) is 6.42. The fourth-order valence-electron chi connectivity index (χ4n) is 1.88. The third-order valence-corrected chi connectivity index (χ3v) is 3.11. The molecule has 3 aromatic rings. The van der Waals surface area contributed by atoms with Crippen molar-refractivity contribution in [2.75, 3.05) is 0 Å². The number of hydrogen-bond donors (Lipinski definition) is 0. The van der Waals surface area contributed by atoms with Crippen molar-refractivity contribution in [3.8, 4) is 5.75 Å². The molecular formula is C16H12ClNO. The number of benzene rings is 2. The Morgan fingerprint density at radius 3 is 2.53 bits per heavy atom. The topological polar surface area (TPSA) is 22.1 Å². The zero-order chi connectivity index (χ0) is 13.1. The van der Waals surface area contributed by atoms with Crippen LogP contribution in [0, 0.1) is 0 Å². The first-order valence-electron chi connectivity index (χ1n) is 6.04. The normalized spacial score (nSPS) is 10.6. The van der Waals surface area contributed by atoms with E-state index in [1.165, 1.54) is 0 Å². The molecule has 2 aromatic carbocycles. The lowest BCUT2D eigenvalue weighted by Gasteiger charge is -2.06. The van der Waals surface area contributed by atoms with E-state index in [2.05, 4.69) is 11.1 Å². The summed E-state index contributed by atoms with van der Waals surface area (Å²) in [6.07, 6.45) is 0. The van der Waals surface area contributed by atoms with E-state index in [-0.39, 0.29) is 0 Å². The Kier molecular flexibility index (Phi) is 3.34. The average molecular weight is 270 g/mol. The van der Waals surface area contributed by atoms with Crippen LogP contribution < -0.4 is 4.74 Å². The Bertz CT molecular complexity index is 694. The van der Waals surface area contributed by atoms with E-state index in [0.29, 0.717) is 11.6 Å². The second-order valence-electron chi connectivity index (χ2n) is 4.24. The lowest BCUT2D eigenvalue weighted by atomic mass is 10.2. The molecule has 2 nitrogen and oxygen atoms in total. The fourth-order valence-corrected chi connectivity index (χ4v) is 2.00. The minimum absolute atomic E-state index is 0.451. The number of nitrogens with zero attached hydrogens (tertiary/aromatic N) is 1. The highest BCUT2D eigenvalue weighted by atomic mass is 35.5. The zero-order valence-electron chi connectivity index (χ0n) is 10.2. The molecule has 1 aromatic heterocycles. The van der Waals surface area contributed by atoms with Gasteiger partial charge in [0.05, 0.1) is 11.2 Å². The van der Waals surface area contributed by atoms with Gasteiger partial charge in [-0.15, -0.1) is 0 Å². The summed E-state index contributed by atoms with van der Waals surface area (Å²) in [6, 6.07) is 19.4. The van der Waals surface area contributed by atoms with Crippen LogP contribution in [0.4, 0.5) is 0 Å². The van der Waals surface area contributed by atoms with E-state index >= 15 is 0 Å². The molecule has 0 spiro atoms. The number of ether oxygens (including phenoxy) is 1. The average Bonchev–Trinajstić information content (AvgIpc) is 2.46. The van der Waals surface area contributed by atoms with Gasteiger partial charge < -0.3 is 4.74 Å². The summed E-state index contributed by atoms with van der Waals surface area (Å²) < 4.78 is 5.67. The molecule has 0 saturated carbocycles. The summed E-state index contributed by atoms with van der Waals surface area (Å²) >= 11 is 5.83. The second kappa shape index (κ2) is 5.29. The Balaban J connectivity index is 1.76. The van der Waals surface area contributed by atoms with Crippen LogP contribution in [-0.4, -0.2) is 4.98 Å². The highest BCUT2D eigenvalue weighted by molar-refractivity contribution is 6.30. The number of fused-ring (bicyclic) bond motifs is 1. The van der Waals surface area contributed by atoms with E-state index in [9.17, 15) is 0 Å². The smallest absolute Gasteiger partial charge is 0.130 e. The number of pyridine rings is 1. The highest BCUT2D eigenvalue weighted by Crippen LogP contribution is 2.17. The largest absolute Gasteiger partial charge is 0.487 e. The summed E-state index contributed by atoms with van der Waals surface area (Å²) in [5.74, 6) is 0.791. The third-order valence-electron chi connectivity index (χ3n) is 2.86. The molecule has 3 rings (SSSR count). The molecule has 0 aliphatic carbocycles. The van der Waals surface area contributed by atoms with Gasteiger partial charge in [0.2, 0.25) is 0 Å². The minimum Gasteiger partial charge on any atom is -0.487 e. The van der Waals surface area contributed by atoms with E-state index in [1.54, 1.807) is 0 Å². The molecule has 0 bridgehead atoms. The number of halogens is 1. The number of para-hydroxylation sites is 1. The predicted molar refractivity (Wildman–Crippen MR) is 77.5 cm³/mol. The molecular weight excluding hydrogens is 258 g/mol. The Labute approximate surface area is 116 Å². The van der Waals surface area contributed by atoms with Crippen molar-refractivity contribution in [1.82, 2.24) is 4.98 Å². The van der Waals surface area contributed by atoms with E-state index in [0.717, 1.165) is 22.3 Å². The van der Waals surface area contributed by atoms with Crippen LogP contribution in [-0.2, 0) is 6.61 Å². The molecule has 0 atom stereocenters. The van der Waals surface area contributed by atoms with Crippen molar-refractivity contribution >= 4 is 22.5 Å². The predicted octanol–water partition coefficient (Wildman–Crippen LogP) is 4.47. The summed E-state index contributed by atoms with van der Waals surface area (Å²) in [5.41, 5.74) is 1.90. The van der Waals surface area contributed by atoms with Gasteiger partial charge in [0.15, 0.2) is 0 Å². The summed E-state index contributed by atoms with van der Waals surface area (Å²) in [4.78, 5) is 4.56. The molecule has 0 N–H and O–H groups in total. The van der Waals surface area contributed by atoms with Gasteiger partial charge in [-0.2, -0.15) is 0 Å². The van der Waals surface area contributed by atoms with Gasteiger partial charge >= 0.3 is 0 Å². The van der Waals surface area contributed by atoms with Crippen molar-refractivity contribution in [2.24, 2.45) is 0 Å². The lowest BCUT2D eigenvalue weighted by Crippen LogP contribution is -1.98. The Morgan fingerprint density at radius 1 is 0.895 bits per heavy atom. The molecule has 0 amide bonds. The molecule has 0 radical (unpaired) electrons. The lowest BCUT2D eigenvalue weighted by molar-refractivity contribution is 0.302. The van der Waals surface area contributed by atoms with Gasteiger partial charge in [-0.25, -0.2) is 4.98 Å². The van der Waals surface area contributed by atoms with Gasteiger partial charge in [-0.1, -0.05) is 35.9 Å². The molecule has 3 heteroatoms. The highest BCUT2D eigenvalue weighted by Gasteiger charge is 1.99. The van der Waals surface area contributed by atoms with Crippen LogP contribution in [0.15, 0.2) is 60.7 Å². The van der Waals surface area contributed by atoms with Gasteiger partial charge in [-0.3, -0.25) is 0 Å². The molecule has 0 fully saturated rings. The van der Waals surface area contributed by atoms with Crippen molar-refractivity contribution in [1.29, 1.82) is 0 Å². The van der Waals surface area contributed by atoms with Crippen LogP contribution in [0.3, 0.4) is 0 Å². The van der Waals surface area contributed by atoms with E-state index < -0.39 is 0 Å². The van der Waals surface area contributed by atoms with Gasteiger partial charge in [-0.05, 0) is 36.4 Å². The van der Waals surface area contributed by atoms with Crippen molar-refractivity contribution < 1.29 is 4.74 Å². The van der Waals surface area contributed by atoms with E-state index in [1.807, 2.05) is 54.6 Å². The maximum atomic E-state index is 5.83. The van der Waals surface area contributed by atoms with Crippen LogP contribution >= 0.6 is 11.6 Å². The molecule has 0 unspecified atom stereocenters. The van der Waals surface area contributed by atoms with E-state index in [4.69, 9.17) is 16.3 Å². The molecule has 0 saturated heterocycles. The van der Waals surface area contributed by atoms with Crippen LogP contribution in [0.25, 0.3) is 10.9 Å². The fraction of sp³-hybridized carbons (Fsp3) is 0.0625. The quantitative estimate of drug-likeness (QED) is 0.700. The Hall–Kier alpha value is -2.06. The molecule has 19 heavy (non-hydrogen) atoms. The molecule has 0 aliphatic heterocycles. The second-order valence-corrected chi connectivity index (χ2v) is 4.67. The zero-order valence-corrected chi connectivity index (χ0v) is 11.0. The monoisotopic (exact) mass is 269 g/mol. The summed E-state index contributed by atoms with van der Waals surface area (Å²) in [7, 11) is 0. The standard InChI is InChI=1S/C16H12ClNO/c17-13-6-9-15(10-7-13)19-11-14-8-5-12-3-1-2-4-16(12)18-14/h1-10H,11H2. The van der Waals surface area contributed by atoms with Crippen LogP contribution in [0.1, 0.15) is 5.69 Å². The van der Waals surface area contributed by atoms with Crippen LogP contribution in [0.2, 0.25) is 5.02 Å². The molecule has 1 heterocycles. The van der Waals surface area contributed by atoms with Gasteiger partial charge in [0, 0.05) is 10.4 Å². The van der Waals surface area contributed by atoms with Crippen molar-refractivity contribution in [2.45, 2.75) is 6.61 Å². The number of rotatable bonds is 3. The Morgan fingerprint density at radius 2 is 1.68 bits per heavy atom. The minimum atomic E-state index is 0.451. The SMILES string of the molecule is Clc1ccc(OCc2ccc3ccccc3n2)cc1. The molecule has 94 valence electrons. The maximum Gasteiger partial charge on any atom is 0.130 e. The van der Waals surface area contributed by atoms with Crippen molar-refractivity contribution in [3.05, 3.63) is 71.4 Å².